The van der Waals surface area contributed by atoms with Crippen LogP contribution in [0.4, 0.5) is 5.69 Å². The van der Waals surface area contributed by atoms with Crippen molar-refractivity contribution in [2.24, 2.45) is 0 Å². The van der Waals surface area contributed by atoms with Crippen molar-refractivity contribution < 1.29 is 14.3 Å². The fourth-order valence-corrected chi connectivity index (χ4v) is 2.02. The fourth-order valence-electron chi connectivity index (χ4n) is 2.02. The summed E-state index contributed by atoms with van der Waals surface area (Å²) < 4.78 is 6.69. The lowest BCUT2D eigenvalue weighted by Gasteiger charge is -2.09. The second kappa shape index (κ2) is 8.62. The van der Waals surface area contributed by atoms with Crippen LogP contribution >= 0.6 is 0 Å². The number of ether oxygens (including phenoxy) is 1. The molecule has 0 fully saturated rings. The summed E-state index contributed by atoms with van der Waals surface area (Å²) >= 11 is 0. The van der Waals surface area contributed by atoms with E-state index in [9.17, 15) is 14.4 Å². The van der Waals surface area contributed by atoms with Gasteiger partial charge in [-0.05, 0) is 37.3 Å². The molecule has 2 N–H and O–H groups in total. The van der Waals surface area contributed by atoms with Gasteiger partial charge >= 0.3 is 0 Å². The molecule has 25 heavy (non-hydrogen) atoms. The minimum Gasteiger partial charge on any atom is -0.492 e. The van der Waals surface area contributed by atoms with Gasteiger partial charge in [0.15, 0.2) is 0 Å². The zero-order valence-electron chi connectivity index (χ0n) is 14.1. The van der Waals surface area contributed by atoms with Gasteiger partial charge in [-0.15, -0.1) is 0 Å². The normalized spacial score (nSPS) is 10.2. The maximum atomic E-state index is 12.2. The predicted octanol–water partition coefficient (Wildman–Crippen LogP) is 1.03. The van der Waals surface area contributed by atoms with Crippen molar-refractivity contribution >= 4 is 17.5 Å². The molecule has 0 radical (unpaired) electrons. The van der Waals surface area contributed by atoms with Crippen molar-refractivity contribution in [3.8, 4) is 5.75 Å². The number of anilines is 1. The summed E-state index contributed by atoms with van der Waals surface area (Å²) in [5, 5.41) is 9.34. The smallest absolute Gasteiger partial charge is 0.276 e. The lowest BCUT2D eigenvalue weighted by atomic mass is 10.3. The second-order valence-corrected chi connectivity index (χ2v) is 5.18. The van der Waals surface area contributed by atoms with Crippen molar-refractivity contribution in [1.29, 1.82) is 0 Å². The van der Waals surface area contributed by atoms with E-state index in [1.165, 1.54) is 23.7 Å². The van der Waals surface area contributed by atoms with Crippen LogP contribution in [0.3, 0.4) is 0 Å². The molecule has 0 aliphatic heterocycles. The van der Waals surface area contributed by atoms with Crippen LogP contribution in [-0.2, 0) is 11.3 Å². The van der Waals surface area contributed by atoms with Crippen LogP contribution in [-0.4, -0.2) is 34.7 Å². The molecule has 0 spiro atoms. The van der Waals surface area contributed by atoms with Crippen LogP contribution in [0.5, 0.6) is 5.75 Å². The van der Waals surface area contributed by atoms with Crippen LogP contribution in [0, 0.1) is 0 Å². The van der Waals surface area contributed by atoms with E-state index >= 15 is 0 Å². The number of carbonyl (C=O) groups is 2. The first-order valence-electron chi connectivity index (χ1n) is 7.86. The van der Waals surface area contributed by atoms with Gasteiger partial charge in [0.05, 0.1) is 6.54 Å². The monoisotopic (exact) mass is 344 g/mol. The van der Waals surface area contributed by atoms with Crippen molar-refractivity contribution in [3.05, 3.63) is 52.4 Å². The molecule has 0 unspecified atom stereocenters. The van der Waals surface area contributed by atoms with E-state index in [0.717, 1.165) is 0 Å². The van der Waals surface area contributed by atoms with Crippen LogP contribution in [0.1, 0.15) is 24.3 Å². The van der Waals surface area contributed by atoms with E-state index < -0.39 is 5.91 Å². The van der Waals surface area contributed by atoms with Crippen LogP contribution in [0.25, 0.3) is 0 Å². The summed E-state index contributed by atoms with van der Waals surface area (Å²) in [6, 6.07) is 9.53. The third-order valence-electron chi connectivity index (χ3n) is 3.26. The Bertz CT molecular complexity index is 799. The Kier molecular flexibility index (Phi) is 6.27. The van der Waals surface area contributed by atoms with Gasteiger partial charge in [-0.3, -0.25) is 14.4 Å². The van der Waals surface area contributed by atoms with E-state index in [-0.39, 0.29) is 17.2 Å². The van der Waals surface area contributed by atoms with Crippen LogP contribution in [0.15, 0.2) is 41.2 Å². The van der Waals surface area contributed by atoms with Crippen LogP contribution < -0.4 is 20.9 Å². The average molecular weight is 344 g/mol. The van der Waals surface area contributed by atoms with Gasteiger partial charge in [-0.2, -0.15) is 5.10 Å². The lowest BCUT2D eigenvalue weighted by molar-refractivity contribution is -0.119. The molecular formula is C17H20N4O4. The minimum atomic E-state index is -0.401. The number of carbonyl (C=O) groups excluding carboxylic acids is 2. The highest BCUT2D eigenvalue weighted by atomic mass is 16.5. The first kappa shape index (κ1) is 18.2. The molecule has 0 atom stereocenters. The molecule has 132 valence electrons. The van der Waals surface area contributed by atoms with Gasteiger partial charge in [0.25, 0.3) is 11.5 Å². The molecule has 0 aliphatic rings. The molecule has 2 rings (SSSR count). The van der Waals surface area contributed by atoms with Crippen LogP contribution in [0.2, 0.25) is 0 Å². The van der Waals surface area contributed by atoms with E-state index in [1.54, 1.807) is 31.2 Å². The van der Waals surface area contributed by atoms with Crippen molar-refractivity contribution in [1.82, 2.24) is 15.1 Å². The van der Waals surface area contributed by atoms with Crippen molar-refractivity contribution in [2.45, 2.75) is 20.4 Å². The molecule has 0 aliphatic carbocycles. The molecule has 8 heteroatoms. The Balaban J connectivity index is 1.93. The molecule has 1 aromatic heterocycles. The molecule has 0 saturated carbocycles. The molecular weight excluding hydrogens is 324 g/mol. The zero-order valence-corrected chi connectivity index (χ0v) is 14.1. The summed E-state index contributed by atoms with van der Waals surface area (Å²) in [5.74, 6) is 0.118. The summed E-state index contributed by atoms with van der Waals surface area (Å²) in [4.78, 5) is 34.4. The highest BCUT2D eigenvalue weighted by molar-refractivity contribution is 6.02. The number of nitrogens with one attached hydrogen (secondary N) is 2. The first-order valence-corrected chi connectivity index (χ1v) is 7.86. The maximum Gasteiger partial charge on any atom is 0.276 e. The predicted molar refractivity (Wildman–Crippen MR) is 92.7 cm³/mol. The summed E-state index contributed by atoms with van der Waals surface area (Å²) in [6.07, 6.45) is 0. The minimum absolute atomic E-state index is 0.107. The van der Waals surface area contributed by atoms with E-state index in [0.29, 0.717) is 31.1 Å². The largest absolute Gasteiger partial charge is 0.492 e. The summed E-state index contributed by atoms with van der Waals surface area (Å²) in [6.45, 7) is 4.39. The van der Waals surface area contributed by atoms with E-state index in [1.807, 2.05) is 0 Å². The highest BCUT2D eigenvalue weighted by Gasteiger charge is 2.09. The zero-order chi connectivity index (χ0) is 18.2. The number of hydrogen-bond acceptors (Lipinski definition) is 5. The molecule has 1 aromatic carbocycles. The third-order valence-corrected chi connectivity index (χ3v) is 3.26. The number of amides is 2. The number of aryl methyl sites for hydroxylation is 1. The lowest BCUT2D eigenvalue weighted by Crippen LogP contribution is -2.25. The Hall–Kier alpha value is -3.16. The summed E-state index contributed by atoms with van der Waals surface area (Å²) in [5.41, 5.74) is 0.493. The Morgan fingerprint density at radius 2 is 1.88 bits per heavy atom. The molecule has 8 nitrogen and oxygen atoms in total. The topological polar surface area (TPSA) is 102 Å². The molecule has 2 amide bonds. The standard InChI is InChI=1S/C17H20N4O4/c1-3-21-16(23)9-8-15(20-21)17(24)19-13-4-6-14(7-5-13)25-11-10-18-12(2)22/h4-9H,3,10-11H2,1-2H3,(H,18,22)(H,19,24). The Labute approximate surface area is 144 Å². The number of nitrogens with zero attached hydrogens (tertiary/aromatic N) is 2. The molecule has 2 aromatic rings. The second-order valence-electron chi connectivity index (χ2n) is 5.18. The van der Waals surface area contributed by atoms with Gasteiger partial charge in [0.1, 0.15) is 18.1 Å². The average Bonchev–Trinajstić information content (AvgIpc) is 2.60. The number of hydrogen-bond donors (Lipinski definition) is 2. The molecule has 0 bridgehead atoms. The SMILES string of the molecule is CCn1nc(C(=O)Nc2ccc(OCCNC(C)=O)cc2)ccc1=O. The number of aromatic nitrogens is 2. The quantitative estimate of drug-likeness (QED) is 0.731. The van der Waals surface area contributed by atoms with Gasteiger partial charge in [0.2, 0.25) is 5.91 Å². The van der Waals surface area contributed by atoms with E-state index in [4.69, 9.17) is 4.74 Å². The highest BCUT2D eigenvalue weighted by Crippen LogP contribution is 2.16. The van der Waals surface area contributed by atoms with E-state index in [2.05, 4.69) is 15.7 Å². The number of rotatable bonds is 7. The Morgan fingerprint density at radius 3 is 2.52 bits per heavy atom. The first-order chi connectivity index (χ1) is 12.0. The maximum absolute atomic E-state index is 12.2. The number of benzene rings is 1. The fraction of sp³-hybridized carbons (Fsp3) is 0.294. The third kappa shape index (κ3) is 5.45. The van der Waals surface area contributed by atoms with Gasteiger partial charge in [-0.25, -0.2) is 4.68 Å². The Morgan fingerprint density at radius 1 is 1.16 bits per heavy atom. The molecule has 1 heterocycles. The van der Waals surface area contributed by atoms with Gasteiger partial charge in [-0.1, -0.05) is 0 Å². The van der Waals surface area contributed by atoms with Gasteiger partial charge < -0.3 is 15.4 Å². The molecule has 0 saturated heterocycles. The summed E-state index contributed by atoms with van der Waals surface area (Å²) in [7, 11) is 0. The van der Waals surface area contributed by atoms with Crippen molar-refractivity contribution in [3.63, 3.8) is 0 Å². The van der Waals surface area contributed by atoms with Gasteiger partial charge in [0, 0.05) is 25.2 Å². The van der Waals surface area contributed by atoms with Crippen molar-refractivity contribution in [2.75, 3.05) is 18.5 Å².